The fraction of sp³-hybridized carbons (Fsp3) is 0.357. The molecule has 2 rings (SSSR count). The molecule has 6 heteroatoms. The van der Waals surface area contributed by atoms with E-state index < -0.39 is 11.6 Å². The van der Waals surface area contributed by atoms with Crippen molar-refractivity contribution in [3.63, 3.8) is 0 Å². The van der Waals surface area contributed by atoms with Gasteiger partial charge in [0.15, 0.2) is 0 Å². The summed E-state index contributed by atoms with van der Waals surface area (Å²) < 4.78 is 28.3. The van der Waals surface area contributed by atoms with E-state index >= 15 is 0 Å². The van der Waals surface area contributed by atoms with Crippen molar-refractivity contribution in [2.75, 3.05) is 11.9 Å². The number of aromatic nitrogens is 2. The molecule has 0 aliphatic heterocycles. The highest BCUT2D eigenvalue weighted by molar-refractivity contribution is 5.42. The molecular formula is C14H17F2N3O. The minimum absolute atomic E-state index is 0.00488. The summed E-state index contributed by atoms with van der Waals surface area (Å²) in [7, 11) is 0. The van der Waals surface area contributed by atoms with Crippen LogP contribution < -0.4 is 5.32 Å². The van der Waals surface area contributed by atoms with E-state index in [1.54, 1.807) is 17.1 Å². The Kier molecular flexibility index (Phi) is 4.68. The van der Waals surface area contributed by atoms with Crippen LogP contribution in [0.1, 0.15) is 24.9 Å². The fourth-order valence-corrected chi connectivity index (χ4v) is 2.05. The predicted octanol–water partition coefficient (Wildman–Crippen LogP) is 2.72. The molecule has 108 valence electrons. The van der Waals surface area contributed by atoms with Crippen molar-refractivity contribution in [3.05, 3.63) is 47.8 Å². The highest BCUT2D eigenvalue weighted by Gasteiger charge is 2.15. The van der Waals surface area contributed by atoms with E-state index in [2.05, 4.69) is 10.4 Å². The standard InChI is InChI=1S/C14H17F2N3O/c1-2-14(12-4-3-10(15)7-13(12)16)18-11-8-17-19(9-11)5-6-20/h3-4,7-9,14,18,20H,2,5-6H2,1H3. The molecule has 1 atom stereocenters. The molecule has 4 nitrogen and oxygen atoms in total. The average molecular weight is 281 g/mol. The van der Waals surface area contributed by atoms with Gasteiger partial charge in [-0.25, -0.2) is 8.78 Å². The highest BCUT2D eigenvalue weighted by Crippen LogP contribution is 2.25. The first-order valence-electron chi connectivity index (χ1n) is 6.48. The van der Waals surface area contributed by atoms with Crippen LogP contribution in [0.15, 0.2) is 30.6 Å². The number of nitrogens with zero attached hydrogens (tertiary/aromatic N) is 2. The number of nitrogens with one attached hydrogen (secondary N) is 1. The second-order valence-corrected chi connectivity index (χ2v) is 4.49. The molecule has 1 heterocycles. The number of rotatable bonds is 6. The van der Waals surface area contributed by atoms with Crippen LogP contribution in [0, 0.1) is 11.6 Å². The molecular weight excluding hydrogens is 264 g/mol. The van der Waals surface area contributed by atoms with Gasteiger partial charge in [0.25, 0.3) is 0 Å². The van der Waals surface area contributed by atoms with Crippen molar-refractivity contribution in [3.8, 4) is 0 Å². The molecule has 0 aliphatic carbocycles. The summed E-state index contributed by atoms with van der Waals surface area (Å²) in [5.41, 5.74) is 1.15. The molecule has 2 N–H and O–H groups in total. The third kappa shape index (κ3) is 3.33. The summed E-state index contributed by atoms with van der Waals surface area (Å²) in [6.45, 7) is 2.33. The highest BCUT2D eigenvalue weighted by atomic mass is 19.1. The van der Waals surface area contributed by atoms with Gasteiger partial charge in [0.05, 0.1) is 31.1 Å². The van der Waals surface area contributed by atoms with Gasteiger partial charge in [0.1, 0.15) is 11.6 Å². The lowest BCUT2D eigenvalue weighted by atomic mass is 10.0. The van der Waals surface area contributed by atoms with Gasteiger partial charge in [-0.05, 0) is 12.5 Å². The number of halogens is 2. The molecule has 0 spiro atoms. The molecule has 0 amide bonds. The number of anilines is 1. The van der Waals surface area contributed by atoms with Crippen molar-refractivity contribution in [2.45, 2.75) is 25.9 Å². The number of aliphatic hydroxyl groups is 1. The third-order valence-electron chi connectivity index (χ3n) is 3.05. The number of aliphatic hydroxyl groups excluding tert-OH is 1. The minimum Gasteiger partial charge on any atom is -0.394 e. The Morgan fingerprint density at radius 3 is 2.85 bits per heavy atom. The molecule has 20 heavy (non-hydrogen) atoms. The molecule has 0 bridgehead atoms. The molecule has 0 saturated heterocycles. The summed E-state index contributed by atoms with van der Waals surface area (Å²) in [6, 6.07) is 3.32. The van der Waals surface area contributed by atoms with Crippen LogP contribution in [0.5, 0.6) is 0 Å². The zero-order valence-electron chi connectivity index (χ0n) is 11.2. The Bertz CT molecular complexity index is 571. The van der Waals surface area contributed by atoms with E-state index in [9.17, 15) is 8.78 Å². The summed E-state index contributed by atoms with van der Waals surface area (Å²) in [6.07, 6.45) is 3.99. The first-order chi connectivity index (χ1) is 9.63. The van der Waals surface area contributed by atoms with Gasteiger partial charge in [-0.1, -0.05) is 13.0 Å². The van der Waals surface area contributed by atoms with E-state index in [0.29, 0.717) is 18.5 Å². The van der Waals surface area contributed by atoms with Crippen molar-refractivity contribution in [1.29, 1.82) is 0 Å². The molecule has 1 aromatic heterocycles. The first-order valence-corrected chi connectivity index (χ1v) is 6.48. The van der Waals surface area contributed by atoms with Crippen LogP contribution >= 0.6 is 0 Å². The van der Waals surface area contributed by atoms with Gasteiger partial charge in [0, 0.05) is 17.8 Å². The maximum atomic E-state index is 13.8. The SMILES string of the molecule is CCC(Nc1cnn(CCO)c1)c1ccc(F)cc1F. The lowest BCUT2D eigenvalue weighted by Gasteiger charge is -2.18. The fourth-order valence-electron chi connectivity index (χ4n) is 2.05. The lowest BCUT2D eigenvalue weighted by molar-refractivity contribution is 0.269. The van der Waals surface area contributed by atoms with Gasteiger partial charge < -0.3 is 10.4 Å². The third-order valence-corrected chi connectivity index (χ3v) is 3.05. The molecule has 2 aromatic rings. The van der Waals surface area contributed by atoms with E-state index in [-0.39, 0.29) is 12.6 Å². The summed E-state index contributed by atoms with van der Waals surface area (Å²) in [5, 5.41) is 16.1. The van der Waals surface area contributed by atoms with Crippen LogP contribution in [0.4, 0.5) is 14.5 Å². The average Bonchev–Trinajstić information content (AvgIpc) is 2.84. The molecule has 0 fully saturated rings. The molecule has 0 radical (unpaired) electrons. The predicted molar refractivity (Wildman–Crippen MR) is 72.3 cm³/mol. The summed E-state index contributed by atoms with van der Waals surface area (Å²) >= 11 is 0. The van der Waals surface area contributed by atoms with E-state index in [4.69, 9.17) is 5.11 Å². The van der Waals surface area contributed by atoms with E-state index in [1.165, 1.54) is 12.1 Å². The van der Waals surface area contributed by atoms with Crippen LogP contribution in [-0.4, -0.2) is 21.5 Å². The minimum atomic E-state index is -0.586. The lowest BCUT2D eigenvalue weighted by Crippen LogP contribution is -2.11. The van der Waals surface area contributed by atoms with Crippen LogP contribution in [0.2, 0.25) is 0 Å². The number of hydrogen-bond donors (Lipinski definition) is 2. The second-order valence-electron chi connectivity index (χ2n) is 4.49. The van der Waals surface area contributed by atoms with Crippen molar-refractivity contribution >= 4 is 5.69 Å². The molecule has 1 unspecified atom stereocenters. The number of hydrogen-bond acceptors (Lipinski definition) is 3. The smallest absolute Gasteiger partial charge is 0.131 e. The Labute approximate surface area is 116 Å². The van der Waals surface area contributed by atoms with Crippen LogP contribution in [-0.2, 0) is 6.54 Å². The topological polar surface area (TPSA) is 50.1 Å². The number of benzene rings is 1. The molecule has 0 saturated carbocycles. The van der Waals surface area contributed by atoms with Gasteiger partial charge in [-0.2, -0.15) is 5.10 Å². The van der Waals surface area contributed by atoms with Gasteiger partial charge >= 0.3 is 0 Å². The Morgan fingerprint density at radius 1 is 1.40 bits per heavy atom. The largest absolute Gasteiger partial charge is 0.394 e. The van der Waals surface area contributed by atoms with Crippen LogP contribution in [0.25, 0.3) is 0 Å². The Morgan fingerprint density at radius 2 is 2.20 bits per heavy atom. The van der Waals surface area contributed by atoms with Gasteiger partial charge in [-0.3, -0.25) is 4.68 Å². The Hall–Kier alpha value is -1.95. The first kappa shape index (κ1) is 14.5. The quantitative estimate of drug-likeness (QED) is 0.856. The second kappa shape index (κ2) is 6.47. The maximum Gasteiger partial charge on any atom is 0.131 e. The van der Waals surface area contributed by atoms with E-state index in [1.807, 2.05) is 6.92 Å². The summed E-state index contributed by atoms with van der Waals surface area (Å²) in [4.78, 5) is 0. The zero-order valence-corrected chi connectivity index (χ0v) is 11.2. The van der Waals surface area contributed by atoms with E-state index in [0.717, 1.165) is 11.8 Å². The zero-order chi connectivity index (χ0) is 14.5. The van der Waals surface area contributed by atoms with Crippen molar-refractivity contribution < 1.29 is 13.9 Å². The van der Waals surface area contributed by atoms with Gasteiger partial charge in [-0.15, -0.1) is 0 Å². The molecule has 1 aromatic carbocycles. The monoisotopic (exact) mass is 281 g/mol. The van der Waals surface area contributed by atoms with Crippen LogP contribution in [0.3, 0.4) is 0 Å². The maximum absolute atomic E-state index is 13.8. The summed E-state index contributed by atoms with van der Waals surface area (Å²) in [5.74, 6) is -1.15. The Balaban J connectivity index is 2.15. The van der Waals surface area contributed by atoms with Crippen molar-refractivity contribution in [1.82, 2.24) is 9.78 Å². The van der Waals surface area contributed by atoms with Crippen molar-refractivity contribution in [2.24, 2.45) is 0 Å². The van der Waals surface area contributed by atoms with Gasteiger partial charge in [0.2, 0.25) is 0 Å². The normalized spacial score (nSPS) is 12.4. The molecule has 0 aliphatic rings.